The molecule has 0 unspecified atom stereocenters. The zero-order valence-corrected chi connectivity index (χ0v) is 10.6. The van der Waals surface area contributed by atoms with Crippen molar-refractivity contribution in [3.8, 4) is 0 Å². The van der Waals surface area contributed by atoms with E-state index >= 15 is 0 Å². The number of hydrogen-bond donors (Lipinski definition) is 1. The van der Waals surface area contributed by atoms with Gasteiger partial charge in [-0.15, -0.1) is 0 Å². The molecular formula is C14H14ClFN2. The molecule has 1 aromatic heterocycles. The van der Waals surface area contributed by atoms with Crippen molar-refractivity contribution in [1.29, 1.82) is 0 Å². The number of rotatable bonds is 5. The lowest BCUT2D eigenvalue weighted by Crippen LogP contribution is -2.17. The Hall–Kier alpha value is -1.45. The summed E-state index contributed by atoms with van der Waals surface area (Å²) in [4.78, 5) is 4.03. The van der Waals surface area contributed by atoms with Crippen molar-refractivity contribution in [1.82, 2.24) is 10.3 Å². The van der Waals surface area contributed by atoms with E-state index in [1.54, 1.807) is 18.3 Å². The third kappa shape index (κ3) is 3.52. The molecule has 18 heavy (non-hydrogen) atoms. The van der Waals surface area contributed by atoms with Gasteiger partial charge in [0.05, 0.1) is 0 Å². The van der Waals surface area contributed by atoms with Crippen LogP contribution in [-0.4, -0.2) is 11.5 Å². The summed E-state index contributed by atoms with van der Waals surface area (Å²) in [5.41, 5.74) is 1.68. The molecule has 0 aliphatic rings. The second kappa shape index (κ2) is 6.47. The van der Waals surface area contributed by atoms with Gasteiger partial charge < -0.3 is 5.32 Å². The van der Waals surface area contributed by atoms with Crippen LogP contribution in [0.1, 0.15) is 11.1 Å². The van der Waals surface area contributed by atoms with Gasteiger partial charge in [-0.25, -0.2) is 4.39 Å². The van der Waals surface area contributed by atoms with Gasteiger partial charge in [-0.05, 0) is 36.7 Å². The SMILES string of the molecule is Fc1cccc(Cl)c1CCNCc1cccnc1. The van der Waals surface area contributed by atoms with Crippen LogP contribution in [0.3, 0.4) is 0 Å². The first-order chi connectivity index (χ1) is 8.77. The molecule has 0 aliphatic heterocycles. The second-order valence-corrected chi connectivity index (χ2v) is 4.40. The minimum atomic E-state index is -0.245. The number of halogens is 2. The average molecular weight is 265 g/mol. The molecule has 2 rings (SSSR count). The van der Waals surface area contributed by atoms with Crippen LogP contribution in [0.15, 0.2) is 42.7 Å². The molecule has 0 spiro atoms. The lowest BCUT2D eigenvalue weighted by molar-refractivity contribution is 0.598. The monoisotopic (exact) mass is 264 g/mol. The Labute approximate surface area is 111 Å². The number of pyridine rings is 1. The van der Waals surface area contributed by atoms with Gasteiger partial charge in [-0.3, -0.25) is 4.98 Å². The number of aromatic nitrogens is 1. The fourth-order valence-corrected chi connectivity index (χ4v) is 1.98. The maximum atomic E-state index is 13.5. The molecule has 0 atom stereocenters. The van der Waals surface area contributed by atoms with Crippen LogP contribution in [0.25, 0.3) is 0 Å². The predicted octanol–water partition coefficient (Wildman–Crippen LogP) is 3.21. The number of hydrogen-bond acceptors (Lipinski definition) is 2. The minimum absolute atomic E-state index is 0.245. The zero-order valence-electron chi connectivity index (χ0n) is 9.87. The molecule has 1 aromatic carbocycles. The molecule has 94 valence electrons. The van der Waals surface area contributed by atoms with Gasteiger partial charge in [0.2, 0.25) is 0 Å². The first-order valence-corrected chi connectivity index (χ1v) is 6.17. The highest BCUT2D eigenvalue weighted by atomic mass is 35.5. The molecule has 0 aliphatic carbocycles. The van der Waals surface area contributed by atoms with Crippen molar-refractivity contribution < 1.29 is 4.39 Å². The number of nitrogens with one attached hydrogen (secondary N) is 1. The van der Waals surface area contributed by atoms with Gasteiger partial charge in [0.15, 0.2) is 0 Å². The summed E-state index contributed by atoms with van der Waals surface area (Å²) in [6.07, 6.45) is 4.12. The lowest BCUT2D eigenvalue weighted by atomic mass is 10.1. The fraction of sp³-hybridized carbons (Fsp3) is 0.214. The van der Waals surface area contributed by atoms with E-state index in [4.69, 9.17) is 11.6 Å². The second-order valence-electron chi connectivity index (χ2n) is 3.99. The molecular weight excluding hydrogens is 251 g/mol. The number of benzene rings is 1. The van der Waals surface area contributed by atoms with Crippen LogP contribution in [0.4, 0.5) is 4.39 Å². The van der Waals surface area contributed by atoms with Crippen LogP contribution in [0.5, 0.6) is 0 Å². The topological polar surface area (TPSA) is 24.9 Å². The molecule has 2 nitrogen and oxygen atoms in total. The molecule has 0 saturated carbocycles. The first kappa shape index (κ1) is 13.0. The van der Waals surface area contributed by atoms with Gasteiger partial charge >= 0.3 is 0 Å². The average Bonchev–Trinajstić information content (AvgIpc) is 2.38. The van der Waals surface area contributed by atoms with Gasteiger partial charge in [0, 0.05) is 29.5 Å². The summed E-state index contributed by atoms with van der Waals surface area (Å²) in [7, 11) is 0. The molecule has 1 N–H and O–H groups in total. The maximum absolute atomic E-state index is 13.5. The smallest absolute Gasteiger partial charge is 0.127 e. The van der Waals surface area contributed by atoms with E-state index in [1.165, 1.54) is 6.07 Å². The van der Waals surface area contributed by atoms with Crippen molar-refractivity contribution in [2.24, 2.45) is 0 Å². The third-order valence-corrected chi connectivity index (χ3v) is 3.02. The normalized spacial score (nSPS) is 10.6. The predicted molar refractivity (Wildman–Crippen MR) is 71.1 cm³/mol. The van der Waals surface area contributed by atoms with E-state index in [0.717, 1.165) is 12.1 Å². The molecule has 0 fully saturated rings. The standard InChI is InChI=1S/C14H14ClFN2/c15-13-4-1-5-14(16)12(13)6-8-18-10-11-3-2-7-17-9-11/h1-5,7,9,18H,6,8,10H2. The molecule has 1 heterocycles. The summed E-state index contributed by atoms with van der Waals surface area (Å²) in [6.45, 7) is 1.40. The third-order valence-electron chi connectivity index (χ3n) is 2.67. The van der Waals surface area contributed by atoms with Crippen molar-refractivity contribution in [2.75, 3.05) is 6.54 Å². The van der Waals surface area contributed by atoms with Gasteiger partial charge in [0.1, 0.15) is 5.82 Å². The largest absolute Gasteiger partial charge is 0.312 e. The summed E-state index contributed by atoms with van der Waals surface area (Å²) in [5, 5.41) is 3.72. The van der Waals surface area contributed by atoms with E-state index in [2.05, 4.69) is 10.3 Å². The highest BCUT2D eigenvalue weighted by Crippen LogP contribution is 2.18. The Bertz CT molecular complexity index is 482. The summed E-state index contributed by atoms with van der Waals surface area (Å²) < 4.78 is 13.5. The van der Waals surface area contributed by atoms with Crippen molar-refractivity contribution >= 4 is 11.6 Å². The quantitative estimate of drug-likeness (QED) is 0.839. The van der Waals surface area contributed by atoms with Crippen LogP contribution >= 0.6 is 11.6 Å². The maximum Gasteiger partial charge on any atom is 0.127 e. The Balaban J connectivity index is 1.82. The van der Waals surface area contributed by atoms with Crippen LogP contribution in [0, 0.1) is 5.82 Å². The van der Waals surface area contributed by atoms with Gasteiger partial charge in [-0.1, -0.05) is 23.7 Å². The molecule has 0 bridgehead atoms. The van der Waals surface area contributed by atoms with Crippen LogP contribution < -0.4 is 5.32 Å². The van der Waals surface area contributed by atoms with E-state index in [1.807, 2.05) is 18.3 Å². The fourth-order valence-electron chi connectivity index (χ4n) is 1.72. The Morgan fingerprint density at radius 3 is 2.83 bits per heavy atom. The lowest BCUT2D eigenvalue weighted by Gasteiger charge is -2.07. The Morgan fingerprint density at radius 2 is 2.11 bits per heavy atom. The van der Waals surface area contributed by atoms with E-state index in [9.17, 15) is 4.39 Å². The number of nitrogens with zero attached hydrogens (tertiary/aromatic N) is 1. The Morgan fingerprint density at radius 1 is 1.22 bits per heavy atom. The molecule has 0 amide bonds. The van der Waals surface area contributed by atoms with Crippen molar-refractivity contribution in [3.63, 3.8) is 0 Å². The highest BCUT2D eigenvalue weighted by Gasteiger charge is 2.05. The zero-order chi connectivity index (χ0) is 12.8. The van der Waals surface area contributed by atoms with E-state index in [0.29, 0.717) is 23.6 Å². The van der Waals surface area contributed by atoms with E-state index in [-0.39, 0.29) is 5.82 Å². The van der Waals surface area contributed by atoms with Crippen LogP contribution in [0.2, 0.25) is 5.02 Å². The summed E-state index contributed by atoms with van der Waals surface area (Å²) in [5.74, 6) is -0.245. The Kier molecular flexibility index (Phi) is 4.67. The molecule has 4 heteroatoms. The highest BCUT2D eigenvalue weighted by molar-refractivity contribution is 6.31. The summed E-state index contributed by atoms with van der Waals surface area (Å²) >= 11 is 5.95. The minimum Gasteiger partial charge on any atom is -0.312 e. The molecule has 0 saturated heterocycles. The summed E-state index contributed by atoms with van der Waals surface area (Å²) in [6, 6.07) is 8.65. The van der Waals surface area contributed by atoms with Crippen molar-refractivity contribution in [2.45, 2.75) is 13.0 Å². The molecule has 2 aromatic rings. The van der Waals surface area contributed by atoms with Crippen molar-refractivity contribution in [3.05, 3.63) is 64.7 Å². The van der Waals surface area contributed by atoms with E-state index < -0.39 is 0 Å². The van der Waals surface area contributed by atoms with Gasteiger partial charge in [0.25, 0.3) is 0 Å². The van der Waals surface area contributed by atoms with Crippen LogP contribution in [-0.2, 0) is 13.0 Å². The molecule has 0 radical (unpaired) electrons. The first-order valence-electron chi connectivity index (χ1n) is 5.80. The van der Waals surface area contributed by atoms with Gasteiger partial charge in [-0.2, -0.15) is 0 Å².